The zero-order valence-corrected chi connectivity index (χ0v) is 22.0. The Hall–Kier alpha value is -4.36. The Morgan fingerprint density at radius 3 is 2.32 bits per heavy atom. The Morgan fingerprint density at radius 1 is 0.842 bits per heavy atom. The molecule has 5 rings (SSSR count). The van der Waals surface area contributed by atoms with Gasteiger partial charge in [-0.25, -0.2) is 9.78 Å². The van der Waals surface area contributed by atoms with Crippen LogP contribution in [0.25, 0.3) is 32.5 Å². The van der Waals surface area contributed by atoms with Crippen LogP contribution >= 0.6 is 11.3 Å². The number of thiazole rings is 1. The third-order valence-electron chi connectivity index (χ3n) is 5.98. The van der Waals surface area contributed by atoms with Gasteiger partial charge >= 0.3 is 5.97 Å². The molecule has 0 saturated carbocycles. The normalized spacial score (nSPS) is 10.9. The number of benzene rings is 4. The fourth-order valence-electron chi connectivity index (χ4n) is 4.18. The lowest BCUT2D eigenvalue weighted by atomic mass is 10.0. The van der Waals surface area contributed by atoms with E-state index in [0.717, 1.165) is 38.0 Å². The maximum Gasteiger partial charge on any atom is 0.341 e. The molecule has 0 fully saturated rings. The van der Waals surface area contributed by atoms with Gasteiger partial charge in [0.25, 0.3) is 0 Å². The van der Waals surface area contributed by atoms with Crippen molar-refractivity contribution >= 4 is 28.1 Å². The molecule has 0 aliphatic rings. The number of aliphatic carboxylic acids is 1. The number of nitrogens with zero attached hydrogens (tertiary/aromatic N) is 1. The topological polar surface area (TPSA) is 77.9 Å². The molecule has 0 atom stereocenters. The number of aromatic nitrogens is 1. The monoisotopic (exact) mass is 525 g/mol. The van der Waals surface area contributed by atoms with Crippen LogP contribution in [-0.2, 0) is 11.4 Å². The van der Waals surface area contributed by atoms with E-state index in [9.17, 15) is 4.79 Å². The van der Waals surface area contributed by atoms with Crippen LogP contribution in [0, 0.1) is 6.92 Å². The Labute approximate surface area is 225 Å². The van der Waals surface area contributed by atoms with Gasteiger partial charge in [-0.15, -0.1) is 11.3 Å². The highest BCUT2D eigenvalue weighted by molar-refractivity contribution is 7.15. The van der Waals surface area contributed by atoms with Gasteiger partial charge in [0.15, 0.2) is 6.61 Å². The van der Waals surface area contributed by atoms with Crippen molar-refractivity contribution in [3.8, 4) is 38.9 Å². The van der Waals surface area contributed by atoms with Crippen molar-refractivity contribution in [1.82, 2.24) is 4.98 Å². The van der Waals surface area contributed by atoms with Crippen LogP contribution in [-0.4, -0.2) is 29.3 Å². The van der Waals surface area contributed by atoms with E-state index in [2.05, 4.69) is 30.3 Å². The molecule has 1 N–H and O–H groups in total. The van der Waals surface area contributed by atoms with Gasteiger partial charge in [0.1, 0.15) is 28.9 Å². The molecule has 5 aromatic rings. The van der Waals surface area contributed by atoms with Gasteiger partial charge in [0.05, 0.1) is 17.2 Å². The number of rotatable bonds is 10. The SMILES string of the molecule is CCOc1ccc(-c2nc(COc3ccc(OCC(=O)O)c(C)c3)sc2-c2ccc3ccccc3c2)cc1. The first-order chi connectivity index (χ1) is 18.5. The van der Waals surface area contributed by atoms with Crippen LogP contribution < -0.4 is 14.2 Å². The molecule has 0 radical (unpaired) electrons. The molecule has 38 heavy (non-hydrogen) atoms. The molecule has 6 nitrogen and oxygen atoms in total. The lowest BCUT2D eigenvalue weighted by Crippen LogP contribution is -2.10. The molecule has 0 aliphatic carbocycles. The average molecular weight is 526 g/mol. The van der Waals surface area contributed by atoms with Crippen LogP contribution in [0.15, 0.2) is 84.9 Å². The van der Waals surface area contributed by atoms with Crippen molar-refractivity contribution in [3.05, 3.63) is 95.5 Å². The van der Waals surface area contributed by atoms with E-state index in [-0.39, 0.29) is 6.61 Å². The van der Waals surface area contributed by atoms with Gasteiger partial charge < -0.3 is 19.3 Å². The second-order valence-electron chi connectivity index (χ2n) is 8.70. The summed E-state index contributed by atoms with van der Waals surface area (Å²) in [6, 6.07) is 28.1. The van der Waals surface area contributed by atoms with Crippen LogP contribution in [0.2, 0.25) is 0 Å². The van der Waals surface area contributed by atoms with Gasteiger partial charge in [-0.2, -0.15) is 0 Å². The van der Waals surface area contributed by atoms with Crippen molar-refractivity contribution in [2.24, 2.45) is 0 Å². The summed E-state index contributed by atoms with van der Waals surface area (Å²) in [7, 11) is 0. The number of aryl methyl sites for hydroxylation is 1. The van der Waals surface area contributed by atoms with E-state index in [1.807, 2.05) is 56.3 Å². The quantitative estimate of drug-likeness (QED) is 0.205. The molecule has 4 aromatic carbocycles. The van der Waals surface area contributed by atoms with Crippen LogP contribution in [0.5, 0.6) is 17.2 Å². The summed E-state index contributed by atoms with van der Waals surface area (Å²) >= 11 is 1.61. The molecule has 1 heterocycles. The first-order valence-corrected chi connectivity index (χ1v) is 13.1. The van der Waals surface area contributed by atoms with Gasteiger partial charge in [-0.3, -0.25) is 0 Å². The summed E-state index contributed by atoms with van der Waals surface area (Å²) in [6.45, 7) is 4.36. The lowest BCUT2D eigenvalue weighted by Gasteiger charge is -2.09. The molecule has 7 heteroatoms. The maximum absolute atomic E-state index is 10.8. The third kappa shape index (κ3) is 5.79. The minimum atomic E-state index is -1.01. The number of hydrogen-bond donors (Lipinski definition) is 1. The second-order valence-corrected chi connectivity index (χ2v) is 9.79. The van der Waals surface area contributed by atoms with E-state index in [1.54, 1.807) is 23.5 Å². The Bertz CT molecular complexity index is 1580. The molecule has 0 saturated heterocycles. The van der Waals surface area contributed by atoms with E-state index in [0.29, 0.717) is 24.7 Å². The number of carbonyl (C=O) groups is 1. The highest BCUT2D eigenvalue weighted by Gasteiger charge is 2.16. The molecule has 0 amide bonds. The summed E-state index contributed by atoms with van der Waals surface area (Å²) in [5.74, 6) is 0.994. The number of fused-ring (bicyclic) bond motifs is 1. The fourth-order valence-corrected chi connectivity index (χ4v) is 5.18. The van der Waals surface area contributed by atoms with Gasteiger partial charge in [0.2, 0.25) is 0 Å². The Morgan fingerprint density at radius 2 is 1.58 bits per heavy atom. The van der Waals surface area contributed by atoms with Gasteiger partial charge in [0, 0.05) is 5.56 Å². The van der Waals surface area contributed by atoms with E-state index < -0.39 is 5.97 Å². The molecule has 0 spiro atoms. The summed E-state index contributed by atoms with van der Waals surface area (Å²) < 4.78 is 17.0. The van der Waals surface area contributed by atoms with Crippen molar-refractivity contribution in [2.75, 3.05) is 13.2 Å². The number of ether oxygens (including phenoxy) is 3. The molecule has 0 aliphatic heterocycles. The predicted octanol–water partition coefficient (Wildman–Crippen LogP) is 7.38. The minimum Gasteiger partial charge on any atom is -0.494 e. The first-order valence-electron chi connectivity index (χ1n) is 12.3. The number of carboxylic acid groups (broad SMARTS) is 1. The summed E-state index contributed by atoms with van der Waals surface area (Å²) in [5, 5.41) is 12.1. The first kappa shape index (κ1) is 25.3. The number of carboxylic acids is 1. The zero-order valence-electron chi connectivity index (χ0n) is 21.1. The van der Waals surface area contributed by atoms with Crippen molar-refractivity contribution in [2.45, 2.75) is 20.5 Å². The third-order valence-corrected chi connectivity index (χ3v) is 7.06. The highest BCUT2D eigenvalue weighted by Crippen LogP contribution is 2.39. The molecule has 1 aromatic heterocycles. The van der Waals surface area contributed by atoms with Crippen molar-refractivity contribution in [3.63, 3.8) is 0 Å². The van der Waals surface area contributed by atoms with E-state index in [4.69, 9.17) is 24.3 Å². The number of hydrogen-bond acceptors (Lipinski definition) is 6. The minimum absolute atomic E-state index is 0.303. The Kier molecular flexibility index (Phi) is 7.56. The zero-order chi connectivity index (χ0) is 26.5. The fraction of sp³-hybridized carbons (Fsp3) is 0.161. The second kappa shape index (κ2) is 11.4. The van der Waals surface area contributed by atoms with Crippen molar-refractivity contribution < 1.29 is 24.1 Å². The average Bonchev–Trinajstić information content (AvgIpc) is 3.36. The molecular weight excluding hydrogens is 498 g/mol. The highest BCUT2D eigenvalue weighted by atomic mass is 32.1. The largest absolute Gasteiger partial charge is 0.494 e. The molecule has 0 unspecified atom stereocenters. The standard InChI is InChI=1S/C31H27NO5S/c1-3-35-25-12-10-22(11-13-25)30-31(24-9-8-21-6-4-5-7-23(21)17-24)38-28(32-30)18-36-26-14-15-27(20(2)16-26)37-19-29(33)34/h4-17H,3,18-19H2,1-2H3,(H,33,34). The van der Waals surface area contributed by atoms with Gasteiger partial charge in [-0.1, -0.05) is 36.4 Å². The maximum atomic E-state index is 10.8. The summed E-state index contributed by atoms with van der Waals surface area (Å²) in [6.07, 6.45) is 0. The smallest absolute Gasteiger partial charge is 0.341 e. The van der Waals surface area contributed by atoms with Gasteiger partial charge in [-0.05, 0) is 84.3 Å². The van der Waals surface area contributed by atoms with E-state index in [1.165, 1.54) is 10.8 Å². The molecular formula is C31H27NO5S. The summed E-state index contributed by atoms with van der Waals surface area (Å²) in [4.78, 5) is 16.8. The lowest BCUT2D eigenvalue weighted by molar-refractivity contribution is -0.139. The predicted molar refractivity (Wildman–Crippen MR) is 150 cm³/mol. The van der Waals surface area contributed by atoms with E-state index >= 15 is 0 Å². The molecule has 192 valence electrons. The molecule has 0 bridgehead atoms. The van der Waals surface area contributed by atoms with Crippen LogP contribution in [0.4, 0.5) is 0 Å². The van der Waals surface area contributed by atoms with Crippen LogP contribution in [0.1, 0.15) is 17.5 Å². The summed E-state index contributed by atoms with van der Waals surface area (Å²) in [5.41, 5.74) is 3.82. The van der Waals surface area contributed by atoms with Crippen molar-refractivity contribution in [1.29, 1.82) is 0 Å². The Balaban J connectivity index is 1.44. The van der Waals surface area contributed by atoms with Crippen LogP contribution in [0.3, 0.4) is 0 Å².